The molecule has 1 aliphatic rings. The standard InChI is InChI=1S/C18H23F3N2O4/c1-17(2,3)27-15(24)22-14-10-23(9-13(14)18(19,20)21)16(25)26-11-12-7-5-4-6-8-12/h4-8,13-14H,9-11H2,1-3H3,(H,22,24)/t13-,14-/m0/s1. The molecule has 1 aliphatic heterocycles. The Balaban J connectivity index is 1.99. The lowest BCUT2D eigenvalue weighted by molar-refractivity contribution is -0.174. The molecule has 2 rings (SSSR count). The number of benzene rings is 1. The van der Waals surface area contributed by atoms with Crippen LogP contribution >= 0.6 is 0 Å². The van der Waals surface area contributed by atoms with E-state index in [4.69, 9.17) is 9.47 Å². The average molecular weight is 388 g/mol. The Bertz CT molecular complexity index is 659. The summed E-state index contributed by atoms with van der Waals surface area (Å²) in [5.41, 5.74) is -0.120. The van der Waals surface area contributed by atoms with E-state index in [1.54, 1.807) is 51.1 Å². The van der Waals surface area contributed by atoms with E-state index in [0.29, 0.717) is 0 Å². The molecule has 0 saturated carbocycles. The average Bonchev–Trinajstić information content (AvgIpc) is 2.95. The van der Waals surface area contributed by atoms with Crippen LogP contribution in [0.2, 0.25) is 0 Å². The summed E-state index contributed by atoms with van der Waals surface area (Å²) >= 11 is 0. The van der Waals surface area contributed by atoms with Crippen LogP contribution in [0.25, 0.3) is 0 Å². The number of likely N-dealkylation sites (tertiary alicyclic amines) is 1. The third-order valence-corrected chi connectivity index (χ3v) is 3.91. The molecule has 0 bridgehead atoms. The van der Waals surface area contributed by atoms with Gasteiger partial charge in [0.2, 0.25) is 0 Å². The molecule has 0 unspecified atom stereocenters. The molecule has 1 fully saturated rings. The van der Waals surface area contributed by atoms with E-state index in [1.165, 1.54) is 0 Å². The number of nitrogens with zero attached hydrogens (tertiary/aromatic N) is 1. The van der Waals surface area contributed by atoms with Crippen LogP contribution < -0.4 is 5.32 Å². The lowest BCUT2D eigenvalue weighted by Crippen LogP contribution is -2.47. The highest BCUT2D eigenvalue weighted by Gasteiger charge is 2.52. The minimum atomic E-state index is -4.58. The molecule has 150 valence electrons. The quantitative estimate of drug-likeness (QED) is 0.857. The van der Waals surface area contributed by atoms with Gasteiger partial charge in [0.05, 0.1) is 12.0 Å². The summed E-state index contributed by atoms with van der Waals surface area (Å²) < 4.78 is 50.0. The van der Waals surface area contributed by atoms with Crippen LogP contribution in [-0.4, -0.2) is 48.0 Å². The van der Waals surface area contributed by atoms with Crippen molar-refractivity contribution in [2.75, 3.05) is 13.1 Å². The molecule has 0 aliphatic carbocycles. The van der Waals surface area contributed by atoms with E-state index in [1.807, 2.05) is 0 Å². The molecule has 1 heterocycles. The van der Waals surface area contributed by atoms with Crippen molar-refractivity contribution in [3.63, 3.8) is 0 Å². The van der Waals surface area contributed by atoms with Gasteiger partial charge in [-0.3, -0.25) is 0 Å². The maximum Gasteiger partial charge on any atom is 0.410 e. The lowest BCUT2D eigenvalue weighted by atomic mass is 10.0. The van der Waals surface area contributed by atoms with Crippen LogP contribution in [0.4, 0.5) is 22.8 Å². The van der Waals surface area contributed by atoms with Crippen molar-refractivity contribution < 1.29 is 32.2 Å². The number of rotatable bonds is 3. The summed E-state index contributed by atoms with van der Waals surface area (Å²) in [5, 5.41) is 2.22. The Labute approximate surface area is 155 Å². The maximum atomic E-state index is 13.3. The largest absolute Gasteiger partial charge is 0.445 e. The van der Waals surface area contributed by atoms with Crippen molar-refractivity contribution in [1.82, 2.24) is 10.2 Å². The van der Waals surface area contributed by atoms with Crippen molar-refractivity contribution in [3.05, 3.63) is 35.9 Å². The predicted octanol–water partition coefficient (Wildman–Crippen LogP) is 3.71. The first-order chi connectivity index (χ1) is 12.5. The number of alkyl halides is 3. The van der Waals surface area contributed by atoms with Gasteiger partial charge in [-0.25, -0.2) is 9.59 Å². The fourth-order valence-corrected chi connectivity index (χ4v) is 2.70. The van der Waals surface area contributed by atoms with E-state index in [2.05, 4.69) is 5.32 Å². The molecule has 2 amide bonds. The highest BCUT2D eigenvalue weighted by Crippen LogP contribution is 2.34. The summed E-state index contributed by atoms with van der Waals surface area (Å²) in [7, 11) is 0. The first kappa shape index (κ1) is 20.9. The van der Waals surface area contributed by atoms with Crippen LogP contribution in [0.15, 0.2) is 30.3 Å². The Morgan fingerprint density at radius 1 is 1.15 bits per heavy atom. The Morgan fingerprint density at radius 2 is 1.78 bits per heavy atom. The van der Waals surface area contributed by atoms with E-state index in [9.17, 15) is 22.8 Å². The second-order valence-electron chi connectivity index (χ2n) is 7.35. The molecule has 0 spiro atoms. The maximum absolute atomic E-state index is 13.3. The monoisotopic (exact) mass is 388 g/mol. The van der Waals surface area contributed by atoms with Gasteiger partial charge in [-0.2, -0.15) is 13.2 Å². The molecule has 0 radical (unpaired) electrons. The molecule has 0 aromatic heterocycles. The number of nitrogens with one attached hydrogen (secondary N) is 1. The molecule has 6 nitrogen and oxygen atoms in total. The van der Waals surface area contributed by atoms with Crippen LogP contribution in [0, 0.1) is 5.92 Å². The van der Waals surface area contributed by atoms with Crippen molar-refractivity contribution in [1.29, 1.82) is 0 Å². The number of alkyl carbamates (subject to hydrolysis) is 1. The molecule has 1 aromatic rings. The van der Waals surface area contributed by atoms with Gasteiger partial charge >= 0.3 is 18.4 Å². The molecule has 1 aromatic carbocycles. The fourth-order valence-electron chi connectivity index (χ4n) is 2.70. The summed E-state index contributed by atoms with van der Waals surface area (Å²) in [4.78, 5) is 24.9. The lowest BCUT2D eigenvalue weighted by Gasteiger charge is -2.24. The third-order valence-electron chi connectivity index (χ3n) is 3.91. The summed E-state index contributed by atoms with van der Waals surface area (Å²) in [6.07, 6.45) is -6.39. The smallest absolute Gasteiger partial charge is 0.410 e. The molecular weight excluding hydrogens is 365 g/mol. The van der Waals surface area contributed by atoms with Gasteiger partial charge in [-0.15, -0.1) is 0 Å². The number of ether oxygens (including phenoxy) is 2. The van der Waals surface area contributed by atoms with E-state index < -0.39 is 42.5 Å². The van der Waals surface area contributed by atoms with Gasteiger partial charge in [0, 0.05) is 13.1 Å². The van der Waals surface area contributed by atoms with Crippen molar-refractivity contribution in [2.24, 2.45) is 5.92 Å². The topological polar surface area (TPSA) is 67.9 Å². The predicted molar refractivity (Wildman–Crippen MR) is 90.9 cm³/mol. The Morgan fingerprint density at radius 3 is 2.33 bits per heavy atom. The molecule has 1 saturated heterocycles. The normalized spacial score (nSPS) is 20.3. The van der Waals surface area contributed by atoms with E-state index in [-0.39, 0.29) is 13.2 Å². The Hall–Kier alpha value is -2.45. The molecule has 9 heteroatoms. The fraction of sp³-hybridized carbons (Fsp3) is 0.556. The van der Waals surface area contributed by atoms with Crippen LogP contribution in [0.3, 0.4) is 0 Å². The van der Waals surface area contributed by atoms with Crippen molar-refractivity contribution in [3.8, 4) is 0 Å². The minimum Gasteiger partial charge on any atom is -0.445 e. The Kier molecular flexibility index (Phi) is 6.22. The zero-order valence-corrected chi connectivity index (χ0v) is 15.4. The number of carbonyl (C=O) groups is 2. The molecule has 1 N–H and O–H groups in total. The minimum absolute atomic E-state index is 0.0446. The van der Waals surface area contributed by atoms with E-state index >= 15 is 0 Å². The zero-order chi connectivity index (χ0) is 20.2. The van der Waals surface area contributed by atoms with Gasteiger partial charge in [-0.1, -0.05) is 30.3 Å². The number of hydrogen-bond donors (Lipinski definition) is 1. The number of amides is 2. The van der Waals surface area contributed by atoms with Crippen molar-refractivity contribution in [2.45, 2.75) is 45.2 Å². The SMILES string of the molecule is CC(C)(C)OC(=O)N[C@H]1CN(C(=O)OCc2ccccc2)C[C@@H]1C(F)(F)F. The summed E-state index contributed by atoms with van der Waals surface area (Å²) in [6, 6.07) is 7.50. The van der Waals surface area contributed by atoms with E-state index in [0.717, 1.165) is 10.5 Å². The first-order valence-electron chi connectivity index (χ1n) is 8.47. The summed E-state index contributed by atoms with van der Waals surface area (Å²) in [5.74, 6) is -1.89. The van der Waals surface area contributed by atoms with Crippen LogP contribution in [-0.2, 0) is 16.1 Å². The molecule has 27 heavy (non-hydrogen) atoms. The van der Waals surface area contributed by atoms with Gasteiger partial charge in [0.15, 0.2) is 0 Å². The van der Waals surface area contributed by atoms with Gasteiger partial charge in [-0.05, 0) is 26.3 Å². The highest BCUT2D eigenvalue weighted by molar-refractivity contribution is 5.70. The van der Waals surface area contributed by atoms with Crippen LogP contribution in [0.1, 0.15) is 26.3 Å². The van der Waals surface area contributed by atoms with Gasteiger partial charge < -0.3 is 19.7 Å². The molecule has 2 atom stereocenters. The third kappa shape index (κ3) is 6.33. The van der Waals surface area contributed by atoms with Crippen LogP contribution in [0.5, 0.6) is 0 Å². The second-order valence-corrected chi connectivity index (χ2v) is 7.35. The number of halogens is 3. The highest BCUT2D eigenvalue weighted by atomic mass is 19.4. The number of hydrogen-bond acceptors (Lipinski definition) is 4. The number of carbonyl (C=O) groups excluding carboxylic acids is 2. The second kappa shape index (κ2) is 8.06. The first-order valence-corrected chi connectivity index (χ1v) is 8.47. The van der Waals surface area contributed by atoms with Gasteiger partial charge in [0.1, 0.15) is 12.2 Å². The van der Waals surface area contributed by atoms with Gasteiger partial charge in [0.25, 0.3) is 0 Å². The van der Waals surface area contributed by atoms with Crippen molar-refractivity contribution >= 4 is 12.2 Å². The summed E-state index contributed by atoms with van der Waals surface area (Å²) in [6.45, 7) is 3.88. The zero-order valence-electron chi connectivity index (χ0n) is 15.4. The molecular formula is C18H23F3N2O4.